The Balaban J connectivity index is 1.25. The second kappa shape index (κ2) is 16.6. The standard InChI is InChI=1S/C64H50S/c1-43-16-6-5-7-21-49(25-14-17-43)63-59-40-54(53-35-31-45-19-9-11-23-51(45)39-53)36-37-57(59)64(56-27-15-24-47-20-12-13-26-55(47)56)60-41-58(62(42-61(60)63)65(2,3)4)48-32-28-46(29-33-48)52-34-30-44-18-8-10-22-50(44)38-52/h5-42H,1-4H3. The molecule has 0 amide bonds. The monoisotopic (exact) mass is 850 g/mol. The predicted octanol–water partition coefficient (Wildman–Crippen LogP) is 18.3. The zero-order chi connectivity index (χ0) is 44.1. The van der Waals surface area contributed by atoms with Crippen LogP contribution in [0.5, 0.6) is 0 Å². The maximum atomic E-state index is 2.57. The molecule has 65 heavy (non-hydrogen) atoms. The van der Waals surface area contributed by atoms with Crippen molar-refractivity contribution in [3.05, 3.63) is 236 Å². The Kier molecular flexibility index (Phi) is 10.3. The molecule has 0 aliphatic heterocycles. The third kappa shape index (κ3) is 7.63. The van der Waals surface area contributed by atoms with Gasteiger partial charge in [0.05, 0.1) is 0 Å². The van der Waals surface area contributed by atoms with Crippen LogP contribution in [0.3, 0.4) is 0 Å². The van der Waals surface area contributed by atoms with Gasteiger partial charge in [0.1, 0.15) is 0 Å². The predicted molar refractivity (Wildman–Crippen MR) is 287 cm³/mol. The summed E-state index contributed by atoms with van der Waals surface area (Å²) in [5.74, 6) is 0. The number of benzene rings is 10. The van der Waals surface area contributed by atoms with Crippen LogP contribution in [-0.4, -0.2) is 18.8 Å². The summed E-state index contributed by atoms with van der Waals surface area (Å²) in [5.41, 5.74) is 13.6. The van der Waals surface area contributed by atoms with Crippen LogP contribution >= 0.6 is 10.0 Å². The Morgan fingerprint density at radius 1 is 0.262 bits per heavy atom. The number of rotatable bonds is 6. The number of aryl methyl sites for hydroxylation is 1. The van der Waals surface area contributed by atoms with Crippen LogP contribution in [0.2, 0.25) is 0 Å². The maximum Gasteiger partial charge on any atom is -0.00199 e. The average molecular weight is 851 g/mol. The molecule has 11 aromatic rings. The third-order valence-electron chi connectivity index (χ3n) is 13.1. The van der Waals surface area contributed by atoms with E-state index in [2.05, 4.69) is 256 Å². The van der Waals surface area contributed by atoms with E-state index in [1.807, 2.05) is 0 Å². The van der Waals surface area contributed by atoms with E-state index in [-0.39, 0.29) is 0 Å². The SMILES string of the molecule is Cc1cccccc(-c2c3cc(-c4ccc5ccccc5c4)ccc3c(-c3cccc4ccccc34)c3cc(-c4ccc(-c5ccc6ccccc6c5)cc4)c(S(C)(C)C)cc23)ccc1. The molecule has 0 N–H and O–H groups in total. The first-order valence-corrected chi connectivity index (χ1v) is 25.4. The van der Waals surface area contributed by atoms with Gasteiger partial charge in [0.15, 0.2) is 0 Å². The molecule has 0 aliphatic carbocycles. The third-order valence-corrected chi connectivity index (χ3v) is 14.7. The molecule has 0 nitrogen and oxygen atoms in total. The highest BCUT2D eigenvalue weighted by atomic mass is 32.3. The van der Waals surface area contributed by atoms with Crippen LogP contribution in [0.1, 0.15) is 5.56 Å². The van der Waals surface area contributed by atoms with Gasteiger partial charge in [0.25, 0.3) is 0 Å². The highest BCUT2D eigenvalue weighted by Crippen LogP contribution is 2.55. The molecular weight excluding hydrogens is 801 g/mol. The van der Waals surface area contributed by atoms with E-state index in [0.717, 1.165) is 0 Å². The molecule has 312 valence electrons. The largest absolute Gasteiger partial charge is 0.223 e. The second-order valence-corrected chi connectivity index (χ2v) is 22.2. The zero-order valence-corrected chi connectivity index (χ0v) is 38.2. The minimum atomic E-state index is -1.25. The summed E-state index contributed by atoms with van der Waals surface area (Å²) in [6.45, 7) is 2.16. The molecule has 0 saturated heterocycles. The average Bonchev–Trinajstić information content (AvgIpc) is 3.34. The highest BCUT2D eigenvalue weighted by Gasteiger charge is 2.24. The summed E-state index contributed by atoms with van der Waals surface area (Å²) in [7, 11) is -1.25. The fourth-order valence-electron chi connectivity index (χ4n) is 9.80. The van der Waals surface area contributed by atoms with Crippen molar-refractivity contribution in [1.82, 2.24) is 0 Å². The van der Waals surface area contributed by atoms with Gasteiger partial charge >= 0.3 is 0 Å². The lowest BCUT2D eigenvalue weighted by Gasteiger charge is -2.31. The molecule has 0 atom stereocenters. The molecule has 11 aromatic carbocycles. The molecule has 0 bridgehead atoms. The topological polar surface area (TPSA) is 0 Å². The Morgan fingerprint density at radius 3 is 1.48 bits per heavy atom. The first kappa shape index (κ1) is 40.3. The van der Waals surface area contributed by atoms with Crippen molar-refractivity contribution < 1.29 is 0 Å². The lowest BCUT2D eigenvalue weighted by molar-refractivity contribution is 1.45. The van der Waals surface area contributed by atoms with Crippen molar-refractivity contribution in [3.63, 3.8) is 0 Å². The fourth-order valence-corrected chi connectivity index (χ4v) is 11.1. The smallest absolute Gasteiger partial charge is 0.00199 e. The lowest BCUT2D eigenvalue weighted by atomic mass is 9.83. The number of hydrogen-bond acceptors (Lipinski definition) is 0. The van der Waals surface area contributed by atoms with Gasteiger partial charge in [-0.25, -0.2) is 10.0 Å². The molecular formula is C64H50S. The molecule has 0 unspecified atom stereocenters. The Bertz CT molecular complexity index is 3690. The highest BCUT2D eigenvalue weighted by molar-refractivity contribution is 8.32. The van der Waals surface area contributed by atoms with Crippen molar-refractivity contribution in [2.24, 2.45) is 0 Å². The van der Waals surface area contributed by atoms with E-state index in [4.69, 9.17) is 0 Å². The zero-order valence-electron chi connectivity index (χ0n) is 37.3. The van der Waals surface area contributed by atoms with Crippen LogP contribution in [0.25, 0.3) is 109 Å². The number of fused-ring (bicyclic) bond motifs is 5. The van der Waals surface area contributed by atoms with Crippen molar-refractivity contribution >= 4 is 63.9 Å². The van der Waals surface area contributed by atoms with E-state index in [0.29, 0.717) is 0 Å². The molecule has 0 heterocycles. The van der Waals surface area contributed by atoms with Crippen molar-refractivity contribution in [2.75, 3.05) is 18.8 Å². The summed E-state index contributed by atoms with van der Waals surface area (Å²) in [6.07, 6.45) is 7.32. The summed E-state index contributed by atoms with van der Waals surface area (Å²) >= 11 is 0. The maximum absolute atomic E-state index is 2.57. The summed E-state index contributed by atoms with van der Waals surface area (Å²) < 4.78 is 0. The van der Waals surface area contributed by atoms with Gasteiger partial charge in [-0.1, -0.05) is 206 Å². The molecule has 11 rings (SSSR count). The molecule has 0 aromatic heterocycles. The van der Waals surface area contributed by atoms with Crippen LogP contribution < -0.4 is 0 Å². The van der Waals surface area contributed by atoms with E-state index in [9.17, 15) is 0 Å². The van der Waals surface area contributed by atoms with E-state index in [1.54, 1.807) is 0 Å². The molecule has 0 radical (unpaired) electrons. The molecule has 0 saturated carbocycles. The molecule has 1 heteroatoms. The van der Waals surface area contributed by atoms with Gasteiger partial charge in [0, 0.05) is 0 Å². The van der Waals surface area contributed by atoms with Crippen molar-refractivity contribution in [1.29, 1.82) is 0 Å². The van der Waals surface area contributed by atoms with E-state index < -0.39 is 10.0 Å². The lowest BCUT2D eigenvalue weighted by Crippen LogP contribution is -1.99. The quantitative estimate of drug-likeness (QED) is 0.146. The van der Waals surface area contributed by atoms with Gasteiger partial charge in [-0.05, 0) is 170 Å². The molecule has 0 aliphatic rings. The van der Waals surface area contributed by atoms with Gasteiger partial charge in [-0.3, -0.25) is 0 Å². The Labute approximate surface area is 384 Å². The molecule has 0 spiro atoms. The minimum Gasteiger partial charge on any atom is -0.223 e. The van der Waals surface area contributed by atoms with Gasteiger partial charge in [-0.15, -0.1) is 0 Å². The summed E-state index contributed by atoms with van der Waals surface area (Å²) in [5, 5.41) is 12.5. The summed E-state index contributed by atoms with van der Waals surface area (Å²) in [4.78, 5) is 1.40. The van der Waals surface area contributed by atoms with Crippen molar-refractivity contribution in [2.45, 2.75) is 11.8 Å². The van der Waals surface area contributed by atoms with Crippen LogP contribution in [0.4, 0.5) is 0 Å². The molecule has 0 fully saturated rings. The number of hydrogen-bond donors (Lipinski definition) is 0. The van der Waals surface area contributed by atoms with Gasteiger partial charge in [-0.2, -0.15) is 0 Å². The van der Waals surface area contributed by atoms with Gasteiger partial charge < -0.3 is 0 Å². The summed E-state index contributed by atoms with van der Waals surface area (Å²) in [6, 6.07) is 85.9. The second-order valence-electron chi connectivity index (χ2n) is 18.1. The Hall–Kier alpha value is -7.45. The minimum absolute atomic E-state index is 1.18. The fraction of sp³-hybridized carbons (Fsp3) is 0.0625. The first-order valence-electron chi connectivity index (χ1n) is 22.5. The van der Waals surface area contributed by atoms with E-state index in [1.165, 1.54) is 120 Å². The normalized spacial score (nSPS) is 11.9. The first-order chi connectivity index (χ1) is 31.8. The Morgan fingerprint density at radius 2 is 0.754 bits per heavy atom. The van der Waals surface area contributed by atoms with E-state index >= 15 is 0 Å². The van der Waals surface area contributed by atoms with Gasteiger partial charge in [0.2, 0.25) is 0 Å². The van der Waals surface area contributed by atoms with Crippen LogP contribution in [0.15, 0.2) is 235 Å². The van der Waals surface area contributed by atoms with Crippen molar-refractivity contribution in [3.8, 4) is 55.6 Å². The van der Waals surface area contributed by atoms with Crippen LogP contribution in [-0.2, 0) is 0 Å². The van der Waals surface area contributed by atoms with Crippen LogP contribution in [0, 0.1) is 6.92 Å².